The highest BCUT2D eigenvalue weighted by Gasteiger charge is 2.07. The quantitative estimate of drug-likeness (QED) is 0.877. The van der Waals surface area contributed by atoms with Crippen LogP contribution >= 0.6 is 0 Å². The third kappa shape index (κ3) is 3.63. The number of anilines is 3. The molecule has 0 spiro atoms. The van der Waals surface area contributed by atoms with E-state index in [0.29, 0.717) is 11.8 Å². The van der Waals surface area contributed by atoms with Crippen molar-refractivity contribution in [1.29, 1.82) is 0 Å². The second kappa shape index (κ2) is 6.27. The van der Waals surface area contributed by atoms with E-state index in [1.54, 1.807) is 6.07 Å². The molecule has 20 heavy (non-hydrogen) atoms. The van der Waals surface area contributed by atoms with Crippen LogP contribution in [0.25, 0.3) is 0 Å². The van der Waals surface area contributed by atoms with Gasteiger partial charge in [0.15, 0.2) is 0 Å². The monoisotopic (exact) mass is 278 g/mol. The SMILES string of the molecule is CCCNc1nc(C)cc(Nc2ccc(F)cc2F)n1. The van der Waals surface area contributed by atoms with Crippen LogP contribution in [0.2, 0.25) is 0 Å². The summed E-state index contributed by atoms with van der Waals surface area (Å²) in [5, 5.41) is 5.89. The fourth-order valence-corrected chi connectivity index (χ4v) is 1.68. The van der Waals surface area contributed by atoms with Gasteiger partial charge in [0, 0.05) is 24.4 Å². The van der Waals surface area contributed by atoms with Crippen LogP contribution in [-0.2, 0) is 0 Å². The van der Waals surface area contributed by atoms with Crippen LogP contribution in [0.1, 0.15) is 19.0 Å². The number of hydrogen-bond acceptors (Lipinski definition) is 4. The van der Waals surface area contributed by atoms with Gasteiger partial charge in [-0.2, -0.15) is 4.98 Å². The molecule has 0 aliphatic heterocycles. The third-order valence-electron chi connectivity index (χ3n) is 2.58. The number of aryl methyl sites for hydroxylation is 1. The summed E-state index contributed by atoms with van der Waals surface area (Å²) >= 11 is 0. The van der Waals surface area contributed by atoms with Crippen molar-refractivity contribution < 1.29 is 8.78 Å². The van der Waals surface area contributed by atoms with Crippen molar-refractivity contribution in [2.24, 2.45) is 0 Å². The van der Waals surface area contributed by atoms with E-state index >= 15 is 0 Å². The van der Waals surface area contributed by atoms with Crippen LogP contribution in [0.15, 0.2) is 24.3 Å². The summed E-state index contributed by atoms with van der Waals surface area (Å²) in [7, 11) is 0. The zero-order chi connectivity index (χ0) is 14.5. The average molecular weight is 278 g/mol. The first-order valence-corrected chi connectivity index (χ1v) is 6.40. The molecule has 0 amide bonds. The molecule has 0 aliphatic rings. The molecule has 0 unspecified atom stereocenters. The molecule has 1 heterocycles. The molecule has 1 aromatic carbocycles. The van der Waals surface area contributed by atoms with E-state index in [1.807, 2.05) is 13.8 Å². The number of nitrogens with zero attached hydrogens (tertiary/aromatic N) is 2. The largest absolute Gasteiger partial charge is 0.354 e. The van der Waals surface area contributed by atoms with Crippen LogP contribution in [0.3, 0.4) is 0 Å². The van der Waals surface area contributed by atoms with Crippen molar-refractivity contribution in [3.63, 3.8) is 0 Å². The Morgan fingerprint density at radius 3 is 2.65 bits per heavy atom. The predicted molar refractivity (Wildman–Crippen MR) is 75.2 cm³/mol. The third-order valence-corrected chi connectivity index (χ3v) is 2.58. The molecule has 0 fully saturated rings. The summed E-state index contributed by atoms with van der Waals surface area (Å²) in [6.45, 7) is 4.62. The van der Waals surface area contributed by atoms with E-state index in [0.717, 1.165) is 24.7 Å². The van der Waals surface area contributed by atoms with Crippen LogP contribution < -0.4 is 10.6 Å². The number of halogens is 2. The normalized spacial score (nSPS) is 10.4. The molecule has 2 N–H and O–H groups in total. The molecule has 0 saturated heterocycles. The predicted octanol–water partition coefficient (Wildman–Crippen LogP) is 3.63. The maximum Gasteiger partial charge on any atom is 0.224 e. The Bertz CT molecular complexity index is 602. The van der Waals surface area contributed by atoms with Gasteiger partial charge in [0.05, 0.1) is 5.69 Å². The van der Waals surface area contributed by atoms with Gasteiger partial charge in [-0.25, -0.2) is 13.8 Å². The fraction of sp³-hybridized carbons (Fsp3) is 0.286. The maximum atomic E-state index is 13.6. The van der Waals surface area contributed by atoms with Gasteiger partial charge in [-0.1, -0.05) is 6.92 Å². The van der Waals surface area contributed by atoms with Gasteiger partial charge in [0.2, 0.25) is 5.95 Å². The standard InChI is InChI=1S/C14H16F2N4/c1-3-6-17-14-18-9(2)7-13(20-14)19-12-5-4-10(15)8-11(12)16/h4-5,7-8H,3,6H2,1-2H3,(H2,17,18,19,20). The Balaban J connectivity index is 2.21. The summed E-state index contributed by atoms with van der Waals surface area (Å²) in [5.74, 6) is -0.333. The van der Waals surface area contributed by atoms with Crippen LogP contribution in [0.4, 0.5) is 26.2 Å². The van der Waals surface area contributed by atoms with Gasteiger partial charge in [0.25, 0.3) is 0 Å². The minimum absolute atomic E-state index is 0.172. The lowest BCUT2D eigenvalue weighted by Gasteiger charge is -2.10. The van der Waals surface area contributed by atoms with Gasteiger partial charge < -0.3 is 10.6 Å². The lowest BCUT2D eigenvalue weighted by Crippen LogP contribution is -2.07. The molecule has 2 rings (SSSR count). The second-order valence-corrected chi connectivity index (χ2v) is 4.39. The van der Waals surface area contributed by atoms with E-state index in [1.165, 1.54) is 12.1 Å². The molecule has 0 aliphatic carbocycles. The van der Waals surface area contributed by atoms with E-state index in [4.69, 9.17) is 0 Å². The van der Waals surface area contributed by atoms with Gasteiger partial charge in [0.1, 0.15) is 17.5 Å². The molecule has 4 nitrogen and oxygen atoms in total. The molecule has 0 bridgehead atoms. The first-order chi connectivity index (χ1) is 9.58. The summed E-state index contributed by atoms with van der Waals surface area (Å²) in [5.41, 5.74) is 0.926. The first-order valence-electron chi connectivity index (χ1n) is 6.40. The maximum absolute atomic E-state index is 13.6. The van der Waals surface area contributed by atoms with Crippen LogP contribution in [0.5, 0.6) is 0 Å². The summed E-state index contributed by atoms with van der Waals surface area (Å²) < 4.78 is 26.4. The van der Waals surface area contributed by atoms with E-state index in [9.17, 15) is 8.78 Å². The molecule has 0 radical (unpaired) electrons. The highest BCUT2D eigenvalue weighted by Crippen LogP contribution is 2.20. The first kappa shape index (κ1) is 14.2. The zero-order valence-electron chi connectivity index (χ0n) is 11.4. The summed E-state index contributed by atoms with van der Waals surface area (Å²) in [6, 6.07) is 5.05. The van der Waals surface area contributed by atoms with Gasteiger partial charge in [-0.3, -0.25) is 0 Å². The summed E-state index contributed by atoms with van der Waals surface area (Å²) in [4.78, 5) is 8.47. The minimum Gasteiger partial charge on any atom is -0.354 e. The molecule has 106 valence electrons. The molecule has 1 aromatic heterocycles. The Labute approximate surface area is 116 Å². The molecule has 0 atom stereocenters. The number of benzene rings is 1. The lowest BCUT2D eigenvalue weighted by atomic mass is 10.3. The van der Waals surface area contributed by atoms with E-state index in [-0.39, 0.29) is 5.69 Å². The molecular formula is C14H16F2N4. The highest BCUT2D eigenvalue weighted by molar-refractivity contribution is 5.58. The van der Waals surface area contributed by atoms with Crippen molar-refractivity contribution in [2.45, 2.75) is 20.3 Å². The zero-order valence-corrected chi connectivity index (χ0v) is 11.4. The topological polar surface area (TPSA) is 49.8 Å². The minimum atomic E-state index is -0.663. The van der Waals surface area contributed by atoms with Crippen molar-refractivity contribution >= 4 is 17.5 Å². The number of hydrogen-bond donors (Lipinski definition) is 2. The molecule has 0 saturated carbocycles. The Morgan fingerprint density at radius 1 is 1.15 bits per heavy atom. The van der Waals surface area contributed by atoms with Crippen molar-refractivity contribution in [3.05, 3.63) is 41.6 Å². The Morgan fingerprint density at radius 2 is 1.95 bits per heavy atom. The molecule has 2 aromatic rings. The van der Waals surface area contributed by atoms with Gasteiger partial charge in [-0.05, 0) is 25.5 Å². The molecule has 6 heteroatoms. The molecular weight excluding hydrogens is 262 g/mol. The number of rotatable bonds is 5. The van der Waals surface area contributed by atoms with Crippen LogP contribution in [-0.4, -0.2) is 16.5 Å². The summed E-state index contributed by atoms with van der Waals surface area (Å²) in [6.07, 6.45) is 0.951. The van der Waals surface area contributed by atoms with Crippen molar-refractivity contribution in [1.82, 2.24) is 9.97 Å². The fourth-order valence-electron chi connectivity index (χ4n) is 1.68. The lowest BCUT2D eigenvalue weighted by molar-refractivity contribution is 0.586. The highest BCUT2D eigenvalue weighted by atomic mass is 19.1. The van der Waals surface area contributed by atoms with E-state index in [2.05, 4.69) is 20.6 Å². The Hall–Kier alpha value is -2.24. The number of nitrogens with one attached hydrogen (secondary N) is 2. The second-order valence-electron chi connectivity index (χ2n) is 4.39. The van der Waals surface area contributed by atoms with Gasteiger partial charge >= 0.3 is 0 Å². The smallest absolute Gasteiger partial charge is 0.224 e. The number of aromatic nitrogens is 2. The van der Waals surface area contributed by atoms with Crippen LogP contribution in [0, 0.1) is 18.6 Å². The van der Waals surface area contributed by atoms with Crippen molar-refractivity contribution in [2.75, 3.05) is 17.2 Å². The average Bonchev–Trinajstić information content (AvgIpc) is 2.39. The van der Waals surface area contributed by atoms with Crippen molar-refractivity contribution in [3.8, 4) is 0 Å². The van der Waals surface area contributed by atoms with Gasteiger partial charge in [-0.15, -0.1) is 0 Å². The van der Waals surface area contributed by atoms with E-state index < -0.39 is 11.6 Å². The Kier molecular flexibility index (Phi) is 4.45.